The number of hydrogen-bond acceptors (Lipinski definition) is 2. The highest BCUT2D eigenvalue weighted by atomic mass is 16.2. The molecular formula is C6H8NO2. The number of carbonyl (C=O) groups is 1. The third-order valence-electron chi connectivity index (χ3n) is 0.687. The van der Waals surface area contributed by atoms with Crippen molar-refractivity contribution in [2.45, 2.75) is 6.42 Å². The minimum Gasteiger partial charge on any atom is -0.348 e. The molecule has 0 bridgehead atoms. The van der Waals surface area contributed by atoms with Gasteiger partial charge >= 0.3 is 0 Å². The van der Waals surface area contributed by atoms with Gasteiger partial charge in [-0.25, -0.2) is 0 Å². The maximum absolute atomic E-state index is 10.4. The first-order valence-electron chi connectivity index (χ1n) is 2.54. The van der Waals surface area contributed by atoms with Crippen LogP contribution in [0, 0.1) is 0 Å². The normalized spacial score (nSPS) is 8.00. The van der Waals surface area contributed by atoms with Gasteiger partial charge < -0.3 is 5.32 Å². The fraction of sp³-hybridized carbons (Fsp3) is 0.333. The van der Waals surface area contributed by atoms with Crippen LogP contribution in [-0.2, 0) is 9.59 Å². The van der Waals surface area contributed by atoms with E-state index < -0.39 is 0 Å². The van der Waals surface area contributed by atoms with E-state index in [0.29, 0.717) is 0 Å². The average molecular weight is 126 g/mol. The van der Waals surface area contributed by atoms with Crippen LogP contribution in [0.2, 0.25) is 0 Å². The second kappa shape index (κ2) is 5.03. The monoisotopic (exact) mass is 126 g/mol. The van der Waals surface area contributed by atoms with Gasteiger partial charge in [-0.1, -0.05) is 6.08 Å². The lowest BCUT2D eigenvalue weighted by molar-refractivity contribution is -0.119. The molecule has 49 valence electrons. The molecule has 0 heterocycles. The molecule has 0 aliphatic rings. The molecule has 0 aliphatic carbocycles. The quantitative estimate of drug-likeness (QED) is 0.530. The van der Waals surface area contributed by atoms with Gasteiger partial charge in [0.25, 0.3) is 0 Å². The van der Waals surface area contributed by atoms with Gasteiger partial charge in [0.2, 0.25) is 12.2 Å². The van der Waals surface area contributed by atoms with Crippen LogP contribution in [-0.4, -0.2) is 18.7 Å². The Bertz CT molecular complexity index is 120. The van der Waals surface area contributed by atoms with E-state index in [0.717, 1.165) is 0 Å². The molecule has 0 aromatic carbocycles. The van der Waals surface area contributed by atoms with E-state index in [4.69, 9.17) is 0 Å². The van der Waals surface area contributed by atoms with E-state index >= 15 is 0 Å². The number of nitrogens with one attached hydrogen (secondary N) is 1. The second-order valence-electron chi connectivity index (χ2n) is 1.41. The molecular weight excluding hydrogens is 118 g/mol. The minimum atomic E-state index is -0.201. The van der Waals surface area contributed by atoms with E-state index in [1.165, 1.54) is 6.08 Å². The summed E-state index contributed by atoms with van der Waals surface area (Å²) in [5, 5.41) is 2.30. The van der Waals surface area contributed by atoms with Crippen molar-refractivity contribution in [1.82, 2.24) is 5.32 Å². The van der Waals surface area contributed by atoms with E-state index in [1.807, 2.05) is 0 Å². The number of amides is 1. The molecule has 0 aromatic heterocycles. The van der Waals surface area contributed by atoms with Gasteiger partial charge in [0.15, 0.2) is 0 Å². The predicted molar refractivity (Wildman–Crippen MR) is 33.5 cm³/mol. The highest BCUT2D eigenvalue weighted by molar-refractivity contribution is 5.79. The lowest BCUT2D eigenvalue weighted by Gasteiger charge is -1.93. The van der Waals surface area contributed by atoms with Gasteiger partial charge in [0.1, 0.15) is 0 Å². The fourth-order valence-corrected chi connectivity index (χ4v) is 0.338. The zero-order valence-corrected chi connectivity index (χ0v) is 5.02. The van der Waals surface area contributed by atoms with Crippen LogP contribution >= 0.6 is 0 Å². The second-order valence-corrected chi connectivity index (χ2v) is 1.41. The molecule has 3 nitrogen and oxygen atoms in total. The molecule has 0 atom stereocenters. The van der Waals surface area contributed by atoms with Crippen LogP contribution in [0.1, 0.15) is 6.42 Å². The van der Waals surface area contributed by atoms with Gasteiger partial charge in [0, 0.05) is 6.42 Å². The molecule has 0 unspecified atom stereocenters. The van der Waals surface area contributed by atoms with Crippen LogP contribution in [0.4, 0.5) is 0 Å². The minimum absolute atomic E-state index is 0.0350. The highest BCUT2D eigenvalue weighted by Crippen LogP contribution is 1.76. The zero-order chi connectivity index (χ0) is 7.11. The van der Waals surface area contributed by atoms with Crippen molar-refractivity contribution in [3.05, 3.63) is 12.7 Å². The van der Waals surface area contributed by atoms with Gasteiger partial charge in [-0.2, -0.15) is 0 Å². The van der Waals surface area contributed by atoms with Crippen LogP contribution in [0.5, 0.6) is 0 Å². The molecule has 0 spiro atoms. The summed E-state index contributed by atoms with van der Waals surface area (Å²) in [6, 6.07) is 0. The van der Waals surface area contributed by atoms with E-state index in [-0.39, 0.29) is 18.9 Å². The first-order valence-corrected chi connectivity index (χ1v) is 2.54. The molecule has 1 N–H and O–H groups in total. The molecule has 0 saturated carbocycles. The molecule has 0 rings (SSSR count). The maximum Gasteiger partial charge on any atom is 0.224 e. The lowest BCUT2D eigenvalue weighted by atomic mass is 10.4. The Labute approximate surface area is 53.7 Å². The SMILES string of the molecule is C=CCC(=O)NC[C]=O. The van der Waals surface area contributed by atoms with Crippen molar-refractivity contribution in [1.29, 1.82) is 0 Å². The largest absolute Gasteiger partial charge is 0.348 e. The Morgan fingerprint density at radius 3 is 2.89 bits per heavy atom. The summed E-state index contributed by atoms with van der Waals surface area (Å²) in [7, 11) is 0. The Balaban J connectivity index is 3.26. The summed E-state index contributed by atoms with van der Waals surface area (Å²) in [6.45, 7) is 3.31. The molecule has 1 amide bonds. The maximum atomic E-state index is 10.4. The van der Waals surface area contributed by atoms with Crippen molar-refractivity contribution >= 4 is 12.2 Å². The number of rotatable bonds is 4. The van der Waals surface area contributed by atoms with Gasteiger partial charge in [0.05, 0.1) is 6.54 Å². The molecule has 0 saturated heterocycles. The van der Waals surface area contributed by atoms with E-state index in [2.05, 4.69) is 11.9 Å². The zero-order valence-electron chi connectivity index (χ0n) is 5.02. The fourth-order valence-electron chi connectivity index (χ4n) is 0.338. The Morgan fingerprint density at radius 1 is 1.78 bits per heavy atom. The van der Waals surface area contributed by atoms with Gasteiger partial charge in [-0.05, 0) is 0 Å². The summed E-state index contributed by atoms with van der Waals surface area (Å²) < 4.78 is 0. The summed E-state index contributed by atoms with van der Waals surface area (Å²) in [5.74, 6) is -0.201. The highest BCUT2D eigenvalue weighted by Gasteiger charge is 1.93. The van der Waals surface area contributed by atoms with Crippen molar-refractivity contribution < 1.29 is 9.59 Å². The van der Waals surface area contributed by atoms with Gasteiger partial charge in [-0.3, -0.25) is 9.59 Å². The van der Waals surface area contributed by atoms with Crippen molar-refractivity contribution in [3.8, 4) is 0 Å². The molecule has 3 heteroatoms. The third kappa shape index (κ3) is 4.74. The molecule has 0 fully saturated rings. The topological polar surface area (TPSA) is 46.2 Å². The van der Waals surface area contributed by atoms with Gasteiger partial charge in [-0.15, -0.1) is 6.58 Å². The molecule has 0 aromatic rings. The average Bonchev–Trinajstić information content (AvgIpc) is 1.85. The van der Waals surface area contributed by atoms with E-state index in [1.54, 1.807) is 6.29 Å². The van der Waals surface area contributed by atoms with Crippen molar-refractivity contribution in [2.75, 3.05) is 6.54 Å². The van der Waals surface area contributed by atoms with Crippen LogP contribution in [0.25, 0.3) is 0 Å². The van der Waals surface area contributed by atoms with Crippen LogP contribution < -0.4 is 5.32 Å². The van der Waals surface area contributed by atoms with Crippen molar-refractivity contribution in [3.63, 3.8) is 0 Å². The Hall–Kier alpha value is -1.12. The Morgan fingerprint density at radius 2 is 2.44 bits per heavy atom. The Kier molecular flexibility index (Phi) is 4.40. The number of carbonyl (C=O) groups excluding carboxylic acids is 2. The van der Waals surface area contributed by atoms with Crippen molar-refractivity contribution in [2.24, 2.45) is 0 Å². The summed E-state index contributed by atoms with van der Waals surface area (Å²) >= 11 is 0. The predicted octanol–water partition coefficient (Wildman–Crippen LogP) is -0.212. The summed E-state index contributed by atoms with van der Waals surface area (Å²) in [4.78, 5) is 20.0. The first-order chi connectivity index (χ1) is 4.31. The van der Waals surface area contributed by atoms with Crippen LogP contribution in [0.3, 0.4) is 0 Å². The molecule has 0 aliphatic heterocycles. The smallest absolute Gasteiger partial charge is 0.224 e. The standard InChI is InChI=1S/C6H8NO2/c1-2-3-6(9)7-4-5-8/h2H,1,3-4H2,(H,7,9). The number of hydrogen-bond donors (Lipinski definition) is 1. The summed E-state index contributed by atoms with van der Waals surface area (Å²) in [5.41, 5.74) is 0. The molecule has 9 heavy (non-hydrogen) atoms. The van der Waals surface area contributed by atoms with Crippen LogP contribution in [0.15, 0.2) is 12.7 Å². The third-order valence-corrected chi connectivity index (χ3v) is 0.687. The first kappa shape index (κ1) is 7.88. The lowest BCUT2D eigenvalue weighted by Crippen LogP contribution is -2.23. The molecule has 1 radical (unpaired) electrons. The summed E-state index contributed by atoms with van der Waals surface area (Å²) in [6.07, 6.45) is 3.26. The van der Waals surface area contributed by atoms with E-state index in [9.17, 15) is 9.59 Å².